The summed E-state index contributed by atoms with van der Waals surface area (Å²) in [5, 5.41) is 2.13. The van der Waals surface area contributed by atoms with E-state index < -0.39 is 6.03 Å². The molecule has 0 bridgehead atoms. The third-order valence-electron chi connectivity index (χ3n) is 2.45. The molecule has 0 spiro atoms. The molecule has 0 aromatic carbocycles. The number of carbonyl (C=O) groups is 2. The number of primary amides is 1. The Bertz CT molecular complexity index is 204. The van der Waals surface area contributed by atoms with Crippen LogP contribution >= 0.6 is 0 Å². The number of amides is 3. The molecule has 2 atom stereocenters. The van der Waals surface area contributed by atoms with Gasteiger partial charge in [0.05, 0.1) is 0 Å². The van der Waals surface area contributed by atoms with Crippen molar-refractivity contribution >= 4 is 11.9 Å². The molecule has 14 heavy (non-hydrogen) atoms. The van der Waals surface area contributed by atoms with Crippen molar-refractivity contribution in [2.75, 3.05) is 0 Å². The molecule has 0 rings (SSSR count). The van der Waals surface area contributed by atoms with E-state index in [1.165, 1.54) is 0 Å². The van der Waals surface area contributed by atoms with Crippen LogP contribution in [0.2, 0.25) is 0 Å². The third-order valence-corrected chi connectivity index (χ3v) is 2.45. The lowest BCUT2D eigenvalue weighted by molar-refractivity contribution is -0.125. The number of hydrogen-bond acceptors (Lipinski definition) is 2. The van der Waals surface area contributed by atoms with Gasteiger partial charge >= 0.3 is 6.03 Å². The summed E-state index contributed by atoms with van der Waals surface area (Å²) in [6.07, 6.45) is 2.77. The normalized spacial score (nSPS) is 14.5. The van der Waals surface area contributed by atoms with E-state index in [2.05, 4.69) is 12.2 Å². The van der Waals surface area contributed by atoms with Crippen LogP contribution in [0, 0.1) is 11.8 Å². The van der Waals surface area contributed by atoms with E-state index in [-0.39, 0.29) is 11.8 Å². The smallest absolute Gasteiger partial charge is 0.318 e. The molecule has 4 heteroatoms. The van der Waals surface area contributed by atoms with Gasteiger partial charge in [-0.3, -0.25) is 10.1 Å². The fraction of sp³-hybridized carbons (Fsp3) is 0.800. The van der Waals surface area contributed by atoms with Gasteiger partial charge in [-0.25, -0.2) is 4.79 Å². The van der Waals surface area contributed by atoms with Gasteiger partial charge in [-0.1, -0.05) is 33.6 Å². The average Bonchev–Trinajstić information content (AvgIpc) is 2.04. The summed E-state index contributed by atoms with van der Waals surface area (Å²) in [5.74, 6) is -0.0623. The first-order chi connectivity index (χ1) is 6.52. The second kappa shape index (κ2) is 6.40. The zero-order valence-electron chi connectivity index (χ0n) is 9.17. The van der Waals surface area contributed by atoms with Gasteiger partial charge in [0.1, 0.15) is 0 Å². The first kappa shape index (κ1) is 12.9. The summed E-state index contributed by atoms with van der Waals surface area (Å²) in [6.45, 7) is 6.05. The van der Waals surface area contributed by atoms with Gasteiger partial charge in [0.2, 0.25) is 5.91 Å². The quantitative estimate of drug-likeness (QED) is 0.708. The number of nitrogens with one attached hydrogen (secondary N) is 1. The summed E-state index contributed by atoms with van der Waals surface area (Å²) >= 11 is 0. The van der Waals surface area contributed by atoms with Gasteiger partial charge < -0.3 is 5.73 Å². The lowest BCUT2D eigenvalue weighted by atomic mass is 9.87. The van der Waals surface area contributed by atoms with Crippen LogP contribution in [0.5, 0.6) is 0 Å². The Balaban J connectivity index is 4.24. The summed E-state index contributed by atoms with van der Waals surface area (Å²) in [6, 6.07) is -0.767. The molecular formula is C10H20N2O2. The van der Waals surface area contributed by atoms with Gasteiger partial charge in [0.15, 0.2) is 0 Å². The van der Waals surface area contributed by atoms with Gasteiger partial charge in [0, 0.05) is 5.92 Å². The second-order valence-electron chi connectivity index (χ2n) is 3.63. The maximum absolute atomic E-state index is 11.5. The van der Waals surface area contributed by atoms with E-state index >= 15 is 0 Å². The molecule has 0 aromatic heterocycles. The Labute approximate surface area is 85.2 Å². The van der Waals surface area contributed by atoms with Crippen LogP contribution < -0.4 is 11.1 Å². The van der Waals surface area contributed by atoms with Crippen LogP contribution in [0.1, 0.15) is 40.0 Å². The number of hydrogen-bond donors (Lipinski definition) is 2. The summed E-state index contributed by atoms with van der Waals surface area (Å²) in [4.78, 5) is 22.0. The van der Waals surface area contributed by atoms with Crippen LogP contribution in [-0.4, -0.2) is 11.9 Å². The highest BCUT2D eigenvalue weighted by Gasteiger charge is 2.23. The standard InChI is InChI=1S/C10H20N2O2/c1-4-6-7(3)8(5-2)9(13)12-10(11)14/h7-8H,4-6H2,1-3H3,(H3,11,12,13,14). The SMILES string of the molecule is CCCC(C)C(CC)C(=O)NC(N)=O. The monoisotopic (exact) mass is 200 g/mol. The van der Waals surface area contributed by atoms with E-state index in [0.717, 1.165) is 19.3 Å². The van der Waals surface area contributed by atoms with Crippen LogP contribution in [-0.2, 0) is 4.79 Å². The van der Waals surface area contributed by atoms with E-state index in [4.69, 9.17) is 5.73 Å². The minimum absolute atomic E-state index is 0.109. The van der Waals surface area contributed by atoms with Crippen molar-refractivity contribution in [3.05, 3.63) is 0 Å². The molecule has 82 valence electrons. The van der Waals surface area contributed by atoms with Gasteiger partial charge in [-0.05, 0) is 12.3 Å². The van der Waals surface area contributed by atoms with Crippen molar-refractivity contribution in [1.29, 1.82) is 0 Å². The van der Waals surface area contributed by atoms with E-state index in [9.17, 15) is 9.59 Å². The van der Waals surface area contributed by atoms with Crippen molar-refractivity contribution in [3.8, 4) is 0 Å². The minimum Gasteiger partial charge on any atom is -0.351 e. The van der Waals surface area contributed by atoms with Gasteiger partial charge in [-0.2, -0.15) is 0 Å². The van der Waals surface area contributed by atoms with E-state index in [1.54, 1.807) is 0 Å². The highest BCUT2D eigenvalue weighted by atomic mass is 16.2. The molecule has 0 saturated carbocycles. The van der Waals surface area contributed by atoms with Crippen LogP contribution in [0.15, 0.2) is 0 Å². The molecule has 0 radical (unpaired) electrons. The van der Waals surface area contributed by atoms with Crippen molar-refractivity contribution in [2.24, 2.45) is 17.6 Å². The van der Waals surface area contributed by atoms with Crippen LogP contribution in [0.4, 0.5) is 4.79 Å². The molecule has 0 aliphatic carbocycles. The van der Waals surface area contributed by atoms with Crippen molar-refractivity contribution in [2.45, 2.75) is 40.0 Å². The molecule has 0 fully saturated rings. The lowest BCUT2D eigenvalue weighted by Crippen LogP contribution is -2.40. The predicted molar refractivity (Wildman–Crippen MR) is 55.6 cm³/mol. The van der Waals surface area contributed by atoms with Gasteiger partial charge in [0.25, 0.3) is 0 Å². The number of rotatable bonds is 5. The van der Waals surface area contributed by atoms with Crippen LogP contribution in [0.3, 0.4) is 0 Å². The summed E-state index contributed by atoms with van der Waals surface area (Å²) in [5.41, 5.74) is 4.89. The molecule has 3 N–H and O–H groups in total. The Morgan fingerprint density at radius 2 is 1.93 bits per heavy atom. The number of nitrogens with two attached hydrogens (primary N) is 1. The molecule has 0 aromatic rings. The summed E-state index contributed by atoms with van der Waals surface area (Å²) < 4.78 is 0. The molecular weight excluding hydrogens is 180 g/mol. The molecule has 0 saturated heterocycles. The largest absolute Gasteiger partial charge is 0.351 e. The number of carbonyl (C=O) groups excluding carboxylic acids is 2. The fourth-order valence-electron chi connectivity index (χ4n) is 1.72. The first-order valence-electron chi connectivity index (χ1n) is 5.13. The minimum atomic E-state index is -0.767. The predicted octanol–water partition coefficient (Wildman–Crippen LogP) is 1.64. The maximum Gasteiger partial charge on any atom is 0.318 e. The van der Waals surface area contributed by atoms with Crippen molar-refractivity contribution in [1.82, 2.24) is 5.32 Å². The number of urea groups is 1. The zero-order valence-corrected chi connectivity index (χ0v) is 9.17. The summed E-state index contributed by atoms with van der Waals surface area (Å²) in [7, 11) is 0. The Morgan fingerprint density at radius 1 is 1.36 bits per heavy atom. The topological polar surface area (TPSA) is 72.2 Å². The van der Waals surface area contributed by atoms with Gasteiger partial charge in [-0.15, -0.1) is 0 Å². The Kier molecular flexibility index (Phi) is 5.92. The zero-order chi connectivity index (χ0) is 11.1. The molecule has 0 aliphatic rings. The van der Waals surface area contributed by atoms with Crippen LogP contribution in [0.25, 0.3) is 0 Å². The maximum atomic E-state index is 11.5. The first-order valence-corrected chi connectivity index (χ1v) is 5.13. The molecule has 3 amide bonds. The average molecular weight is 200 g/mol. The molecule has 0 heterocycles. The highest BCUT2D eigenvalue weighted by Crippen LogP contribution is 2.20. The van der Waals surface area contributed by atoms with E-state index in [1.807, 2.05) is 13.8 Å². The molecule has 4 nitrogen and oxygen atoms in total. The number of imide groups is 1. The van der Waals surface area contributed by atoms with E-state index in [0.29, 0.717) is 5.92 Å². The van der Waals surface area contributed by atoms with Crippen molar-refractivity contribution in [3.63, 3.8) is 0 Å². The Morgan fingerprint density at radius 3 is 2.29 bits per heavy atom. The highest BCUT2D eigenvalue weighted by molar-refractivity contribution is 5.94. The Hall–Kier alpha value is -1.06. The third kappa shape index (κ3) is 4.25. The lowest BCUT2D eigenvalue weighted by Gasteiger charge is -2.20. The fourth-order valence-corrected chi connectivity index (χ4v) is 1.72. The second-order valence-corrected chi connectivity index (χ2v) is 3.63. The molecule has 2 unspecified atom stereocenters. The van der Waals surface area contributed by atoms with Crippen molar-refractivity contribution < 1.29 is 9.59 Å². The molecule has 0 aliphatic heterocycles.